The Hall–Kier alpha value is -0.990. The Labute approximate surface area is 111 Å². The Morgan fingerprint density at radius 2 is 1.88 bits per heavy atom. The van der Waals surface area contributed by atoms with Gasteiger partial charge in [-0.05, 0) is 36.2 Å². The quantitative estimate of drug-likeness (QED) is 0.805. The van der Waals surface area contributed by atoms with Gasteiger partial charge in [-0.15, -0.1) is 11.3 Å². The summed E-state index contributed by atoms with van der Waals surface area (Å²) in [5.41, 5.74) is 2.56. The molecule has 0 bridgehead atoms. The second kappa shape index (κ2) is 6.08. The summed E-state index contributed by atoms with van der Waals surface area (Å²) in [5.74, 6) is 0. The SMILES string of the molecule is CCCc1ccc(NCc2ccc(Cl)s2)cc1. The molecule has 2 aromatic rings. The summed E-state index contributed by atoms with van der Waals surface area (Å²) in [7, 11) is 0. The normalized spacial score (nSPS) is 10.5. The molecule has 0 spiro atoms. The summed E-state index contributed by atoms with van der Waals surface area (Å²) in [6.45, 7) is 3.04. The third-order valence-corrected chi connectivity index (χ3v) is 3.82. The van der Waals surface area contributed by atoms with E-state index in [0.717, 1.165) is 23.0 Å². The molecule has 0 unspecified atom stereocenters. The Balaban J connectivity index is 1.90. The van der Waals surface area contributed by atoms with E-state index in [2.05, 4.69) is 42.6 Å². The molecule has 0 aliphatic rings. The zero-order valence-electron chi connectivity index (χ0n) is 9.87. The van der Waals surface area contributed by atoms with Crippen LogP contribution in [0.4, 0.5) is 5.69 Å². The van der Waals surface area contributed by atoms with Gasteiger partial charge in [-0.1, -0.05) is 37.1 Å². The Bertz CT molecular complexity index is 461. The van der Waals surface area contributed by atoms with Crippen LogP contribution in [0.1, 0.15) is 23.8 Å². The van der Waals surface area contributed by atoms with Crippen molar-refractivity contribution in [2.75, 3.05) is 5.32 Å². The van der Waals surface area contributed by atoms with E-state index in [-0.39, 0.29) is 0 Å². The number of rotatable bonds is 5. The molecule has 0 saturated heterocycles. The van der Waals surface area contributed by atoms with Crippen LogP contribution in [0.5, 0.6) is 0 Å². The zero-order chi connectivity index (χ0) is 12.1. The number of thiophene rings is 1. The predicted octanol–water partition coefficient (Wildman–Crippen LogP) is 4.97. The predicted molar refractivity (Wildman–Crippen MR) is 77.1 cm³/mol. The zero-order valence-corrected chi connectivity index (χ0v) is 11.4. The average Bonchev–Trinajstić information content (AvgIpc) is 2.75. The van der Waals surface area contributed by atoms with E-state index < -0.39 is 0 Å². The highest BCUT2D eigenvalue weighted by Gasteiger charge is 1.98. The van der Waals surface area contributed by atoms with Crippen molar-refractivity contribution in [1.82, 2.24) is 0 Å². The highest BCUT2D eigenvalue weighted by molar-refractivity contribution is 7.16. The smallest absolute Gasteiger partial charge is 0.0931 e. The van der Waals surface area contributed by atoms with Crippen molar-refractivity contribution in [3.63, 3.8) is 0 Å². The van der Waals surface area contributed by atoms with Crippen LogP contribution in [-0.4, -0.2) is 0 Å². The van der Waals surface area contributed by atoms with Gasteiger partial charge in [0.25, 0.3) is 0 Å². The maximum absolute atomic E-state index is 5.89. The lowest BCUT2D eigenvalue weighted by Gasteiger charge is -2.05. The van der Waals surface area contributed by atoms with Gasteiger partial charge in [0, 0.05) is 17.1 Å². The third kappa shape index (κ3) is 3.76. The van der Waals surface area contributed by atoms with Crippen molar-refractivity contribution in [1.29, 1.82) is 0 Å². The molecule has 1 aromatic heterocycles. The van der Waals surface area contributed by atoms with Crippen LogP contribution in [0.2, 0.25) is 4.34 Å². The molecule has 0 saturated carbocycles. The fourth-order valence-corrected chi connectivity index (χ4v) is 2.74. The molecule has 1 nitrogen and oxygen atoms in total. The summed E-state index contributed by atoms with van der Waals surface area (Å²) in [6, 6.07) is 12.7. The number of benzene rings is 1. The van der Waals surface area contributed by atoms with Crippen molar-refractivity contribution in [3.8, 4) is 0 Å². The van der Waals surface area contributed by atoms with Crippen molar-refractivity contribution < 1.29 is 0 Å². The standard InChI is InChI=1S/C14H16ClNS/c1-2-3-11-4-6-12(7-5-11)16-10-13-8-9-14(15)17-13/h4-9,16H,2-3,10H2,1H3. The summed E-state index contributed by atoms with van der Waals surface area (Å²) in [4.78, 5) is 1.26. The van der Waals surface area contributed by atoms with Crippen LogP contribution in [0.25, 0.3) is 0 Å². The molecule has 1 N–H and O–H groups in total. The third-order valence-electron chi connectivity index (χ3n) is 2.59. The number of nitrogens with one attached hydrogen (secondary N) is 1. The van der Waals surface area contributed by atoms with Gasteiger partial charge < -0.3 is 5.32 Å². The lowest BCUT2D eigenvalue weighted by molar-refractivity contribution is 0.922. The van der Waals surface area contributed by atoms with E-state index in [1.54, 1.807) is 11.3 Å². The number of aryl methyl sites for hydroxylation is 1. The van der Waals surface area contributed by atoms with E-state index in [4.69, 9.17) is 11.6 Å². The molecule has 0 amide bonds. The summed E-state index contributed by atoms with van der Waals surface area (Å²) in [6.07, 6.45) is 2.35. The maximum atomic E-state index is 5.89. The summed E-state index contributed by atoms with van der Waals surface area (Å²) in [5, 5.41) is 3.40. The van der Waals surface area contributed by atoms with Crippen LogP contribution in [0, 0.1) is 0 Å². The molecule has 2 rings (SSSR count). The van der Waals surface area contributed by atoms with Crippen LogP contribution in [0.15, 0.2) is 36.4 Å². The van der Waals surface area contributed by atoms with Gasteiger partial charge in [0.1, 0.15) is 0 Å². The van der Waals surface area contributed by atoms with Gasteiger partial charge in [0.2, 0.25) is 0 Å². The van der Waals surface area contributed by atoms with Gasteiger partial charge in [-0.25, -0.2) is 0 Å². The number of halogens is 1. The first-order valence-corrected chi connectivity index (χ1v) is 7.04. The van der Waals surface area contributed by atoms with Crippen molar-refractivity contribution in [2.45, 2.75) is 26.3 Å². The molecular formula is C14H16ClNS. The van der Waals surface area contributed by atoms with Crippen molar-refractivity contribution in [3.05, 3.63) is 51.2 Å². The Kier molecular flexibility index (Phi) is 4.46. The second-order valence-electron chi connectivity index (χ2n) is 4.01. The van der Waals surface area contributed by atoms with E-state index in [1.165, 1.54) is 16.9 Å². The molecule has 3 heteroatoms. The first-order chi connectivity index (χ1) is 8.28. The number of hydrogen-bond acceptors (Lipinski definition) is 2. The summed E-state index contributed by atoms with van der Waals surface area (Å²) >= 11 is 7.51. The molecule has 0 atom stereocenters. The minimum absolute atomic E-state index is 0.838. The molecule has 0 fully saturated rings. The minimum atomic E-state index is 0.838. The molecule has 1 heterocycles. The van der Waals surface area contributed by atoms with Crippen molar-refractivity contribution >= 4 is 28.6 Å². The average molecular weight is 266 g/mol. The van der Waals surface area contributed by atoms with Crippen LogP contribution in [-0.2, 0) is 13.0 Å². The Morgan fingerprint density at radius 3 is 2.47 bits per heavy atom. The van der Waals surface area contributed by atoms with Crippen LogP contribution in [0.3, 0.4) is 0 Å². The van der Waals surface area contributed by atoms with E-state index in [1.807, 2.05) is 6.07 Å². The number of anilines is 1. The van der Waals surface area contributed by atoms with Crippen LogP contribution < -0.4 is 5.32 Å². The number of hydrogen-bond donors (Lipinski definition) is 1. The highest BCUT2D eigenvalue weighted by atomic mass is 35.5. The first kappa shape index (κ1) is 12.5. The highest BCUT2D eigenvalue weighted by Crippen LogP contribution is 2.22. The molecule has 0 radical (unpaired) electrons. The van der Waals surface area contributed by atoms with Gasteiger partial charge in [0.05, 0.1) is 4.34 Å². The molecular weight excluding hydrogens is 250 g/mol. The van der Waals surface area contributed by atoms with Gasteiger partial charge >= 0.3 is 0 Å². The van der Waals surface area contributed by atoms with E-state index in [9.17, 15) is 0 Å². The second-order valence-corrected chi connectivity index (χ2v) is 5.81. The maximum Gasteiger partial charge on any atom is 0.0931 e. The Morgan fingerprint density at radius 1 is 1.12 bits per heavy atom. The van der Waals surface area contributed by atoms with E-state index in [0.29, 0.717) is 0 Å². The van der Waals surface area contributed by atoms with Gasteiger partial charge in [-0.2, -0.15) is 0 Å². The molecule has 90 valence electrons. The van der Waals surface area contributed by atoms with Crippen molar-refractivity contribution in [2.24, 2.45) is 0 Å². The summed E-state index contributed by atoms with van der Waals surface area (Å²) < 4.78 is 0.847. The molecule has 17 heavy (non-hydrogen) atoms. The topological polar surface area (TPSA) is 12.0 Å². The van der Waals surface area contributed by atoms with Crippen LogP contribution >= 0.6 is 22.9 Å². The molecule has 0 aliphatic heterocycles. The monoisotopic (exact) mass is 265 g/mol. The molecule has 0 aliphatic carbocycles. The van der Waals surface area contributed by atoms with E-state index >= 15 is 0 Å². The van der Waals surface area contributed by atoms with Gasteiger partial charge in [-0.3, -0.25) is 0 Å². The fourth-order valence-electron chi connectivity index (χ4n) is 1.71. The van der Waals surface area contributed by atoms with Gasteiger partial charge in [0.15, 0.2) is 0 Å². The lowest BCUT2D eigenvalue weighted by Crippen LogP contribution is -1.97. The first-order valence-electron chi connectivity index (χ1n) is 5.85. The fraction of sp³-hybridized carbons (Fsp3) is 0.286. The minimum Gasteiger partial charge on any atom is -0.380 e. The largest absolute Gasteiger partial charge is 0.380 e. The molecule has 1 aromatic carbocycles. The lowest BCUT2D eigenvalue weighted by atomic mass is 10.1.